The lowest BCUT2D eigenvalue weighted by Crippen LogP contribution is -2.50. The molecule has 0 aliphatic carbocycles. The van der Waals surface area contributed by atoms with Gasteiger partial charge in [0.25, 0.3) is 0 Å². The van der Waals surface area contributed by atoms with Gasteiger partial charge >= 0.3 is 5.97 Å². The number of carbonyl (C=O) groups excluding carboxylic acids is 2. The summed E-state index contributed by atoms with van der Waals surface area (Å²) in [6.07, 6.45) is 5.35. The highest BCUT2D eigenvalue weighted by Gasteiger charge is 2.27. The number of nitrogens with one attached hydrogen (secondary N) is 2. The molecule has 3 rings (SSSR count). The topological polar surface area (TPSA) is 130 Å². The molecule has 1 aromatic heterocycles. The number of aryl methyl sites for hydroxylation is 2. The van der Waals surface area contributed by atoms with Crippen molar-refractivity contribution >= 4 is 17.8 Å². The molecule has 2 atom stereocenters. The number of carbonyl (C=O) groups is 3. The number of phenols is 1. The van der Waals surface area contributed by atoms with Crippen molar-refractivity contribution in [1.29, 1.82) is 0 Å². The van der Waals surface area contributed by atoms with E-state index in [1.165, 1.54) is 0 Å². The number of nitrogens with zero attached hydrogens (tertiary/aromatic N) is 1. The fourth-order valence-electron chi connectivity index (χ4n) is 4.37. The van der Waals surface area contributed by atoms with E-state index in [0.29, 0.717) is 45.6 Å². The van der Waals surface area contributed by atoms with Crippen molar-refractivity contribution in [2.75, 3.05) is 19.8 Å². The maximum absolute atomic E-state index is 13.3. The van der Waals surface area contributed by atoms with E-state index in [4.69, 9.17) is 4.74 Å². The van der Waals surface area contributed by atoms with Crippen molar-refractivity contribution in [2.45, 2.75) is 51.6 Å². The van der Waals surface area contributed by atoms with Gasteiger partial charge in [-0.1, -0.05) is 36.4 Å². The third-order valence-corrected chi connectivity index (χ3v) is 6.44. The number of carboxylic acid groups (broad SMARTS) is 1. The van der Waals surface area contributed by atoms with Gasteiger partial charge in [0.1, 0.15) is 11.8 Å². The summed E-state index contributed by atoms with van der Waals surface area (Å²) < 4.78 is 7.60. The number of ether oxygens (including phenoxy) is 1. The van der Waals surface area contributed by atoms with Gasteiger partial charge in [-0.15, -0.1) is 0 Å². The third kappa shape index (κ3) is 9.55. The van der Waals surface area contributed by atoms with Crippen molar-refractivity contribution in [2.24, 2.45) is 5.92 Å². The molecule has 1 aromatic carbocycles. The second-order valence-corrected chi connectivity index (χ2v) is 9.50. The van der Waals surface area contributed by atoms with E-state index < -0.39 is 23.8 Å². The molecule has 38 heavy (non-hydrogen) atoms. The minimum absolute atomic E-state index is 0.221. The zero-order valence-corrected chi connectivity index (χ0v) is 21.8. The number of benzene rings is 1. The summed E-state index contributed by atoms with van der Waals surface area (Å²) >= 11 is 0. The summed E-state index contributed by atoms with van der Waals surface area (Å²) in [4.78, 5) is 37.9. The second kappa shape index (κ2) is 14.8. The number of hydrogen-bond acceptors (Lipinski definition) is 5. The fourth-order valence-corrected chi connectivity index (χ4v) is 4.37. The van der Waals surface area contributed by atoms with Crippen molar-refractivity contribution < 1.29 is 29.3 Å². The standard InChI is InChI=1S/C29H37N3O6/c1-21-17-22(10-11-26(21)33)8-6-9-24(19-27(34)35)28(36)31-25-18-23-7-4-2-3-5-13-32(20-23)14-16-38-15-12-30-29(25)37/h2-5,7,10-11,13,17,20,24-25,33H,6,8-9,12,14-16,18-19H2,1H3,(H,30,37)(H,31,36)(H,34,35)/t24-,25?/m1/s1. The van der Waals surface area contributed by atoms with Crippen LogP contribution in [0.4, 0.5) is 0 Å². The summed E-state index contributed by atoms with van der Waals surface area (Å²) in [5.41, 5.74) is 2.60. The molecule has 0 spiro atoms. The van der Waals surface area contributed by atoms with Crippen LogP contribution in [0.1, 0.15) is 36.0 Å². The largest absolute Gasteiger partial charge is 0.508 e. The van der Waals surface area contributed by atoms with Gasteiger partial charge in [-0.05, 0) is 55.0 Å². The van der Waals surface area contributed by atoms with Gasteiger partial charge in [0.15, 0.2) is 0 Å². The highest BCUT2D eigenvalue weighted by atomic mass is 16.5. The maximum Gasteiger partial charge on any atom is 0.304 e. The number of phenolic OH excluding ortho intramolecular Hbond substituents is 1. The van der Waals surface area contributed by atoms with Crippen molar-refractivity contribution in [3.63, 3.8) is 0 Å². The minimum Gasteiger partial charge on any atom is -0.508 e. The van der Waals surface area contributed by atoms with Crippen LogP contribution in [0.3, 0.4) is 0 Å². The number of aromatic hydroxyl groups is 1. The van der Waals surface area contributed by atoms with Crippen LogP contribution in [0, 0.1) is 12.8 Å². The monoisotopic (exact) mass is 523 g/mol. The maximum atomic E-state index is 13.3. The Morgan fingerprint density at radius 2 is 2.00 bits per heavy atom. The number of amides is 2. The molecule has 4 N–H and O–H groups in total. The smallest absolute Gasteiger partial charge is 0.304 e. The SMILES string of the molecule is Cc1cc(CCC[C@H](CC(=O)O)C(=O)NC2Cc3ccccccn(c3)CCOCCNC2=O)ccc1O. The van der Waals surface area contributed by atoms with Gasteiger partial charge in [0, 0.05) is 37.8 Å². The first-order valence-corrected chi connectivity index (χ1v) is 13.0. The van der Waals surface area contributed by atoms with Gasteiger partial charge < -0.3 is 30.2 Å². The first-order valence-electron chi connectivity index (χ1n) is 13.0. The molecular formula is C29H37N3O6. The zero-order valence-electron chi connectivity index (χ0n) is 21.8. The molecule has 1 aliphatic rings. The van der Waals surface area contributed by atoms with Crippen LogP contribution in [-0.4, -0.2) is 58.4 Å². The molecule has 9 heteroatoms. The van der Waals surface area contributed by atoms with E-state index in [1.807, 2.05) is 66.3 Å². The van der Waals surface area contributed by atoms with Crippen molar-refractivity contribution in [3.8, 4) is 5.75 Å². The van der Waals surface area contributed by atoms with Crippen molar-refractivity contribution in [1.82, 2.24) is 15.2 Å². The Labute approximate surface area is 223 Å². The summed E-state index contributed by atoms with van der Waals surface area (Å²) in [6.45, 7) is 3.60. The van der Waals surface area contributed by atoms with Crippen LogP contribution in [0.5, 0.6) is 5.75 Å². The van der Waals surface area contributed by atoms with Gasteiger partial charge in [-0.2, -0.15) is 0 Å². The van der Waals surface area contributed by atoms with Crippen LogP contribution in [0.25, 0.3) is 0 Å². The lowest BCUT2D eigenvalue weighted by atomic mass is 9.94. The molecular weight excluding hydrogens is 486 g/mol. The molecule has 0 saturated heterocycles. The van der Waals surface area contributed by atoms with Crippen LogP contribution in [0.15, 0.2) is 60.9 Å². The van der Waals surface area contributed by atoms with Gasteiger partial charge in [-0.25, -0.2) is 0 Å². The molecule has 1 aliphatic heterocycles. The molecule has 2 heterocycles. The van der Waals surface area contributed by atoms with E-state index in [0.717, 1.165) is 16.7 Å². The number of aromatic nitrogens is 1. The van der Waals surface area contributed by atoms with E-state index in [-0.39, 0.29) is 24.5 Å². The predicted molar refractivity (Wildman–Crippen MR) is 143 cm³/mol. The van der Waals surface area contributed by atoms with Crippen LogP contribution < -0.4 is 10.6 Å². The van der Waals surface area contributed by atoms with Crippen LogP contribution in [0.2, 0.25) is 0 Å². The Morgan fingerprint density at radius 3 is 2.79 bits per heavy atom. The first-order chi connectivity index (χ1) is 18.3. The van der Waals surface area contributed by atoms with Crippen LogP contribution >= 0.6 is 0 Å². The Bertz CT molecular complexity index is 1160. The second-order valence-electron chi connectivity index (χ2n) is 9.50. The van der Waals surface area contributed by atoms with Crippen molar-refractivity contribution in [3.05, 3.63) is 77.6 Å². The number of fused-ring (bicyclic) bond motifs is 2. The Morgan fingerprint density at radius 1 is 1.18 bits per heavy atom. The quantitative estimate of drug-likeness (QED) is 0.421. The number of rotatable bonds is 8. The molecule has 2 aromatic rings. The Balaban J connectivity index is 1.76. The van der Waals surface area contributed by atoms with Gasteiger partial charge in [0.05, 0.1) is 19.6 Å². The van der Waals surface area contributed by atoms with Gasteiger partial charge in [0.2, 0.25) is 11.8 Å². The van der Waals surface area contributed by atoms with E-state index in [2.05, 4.69) is 10.6 Å². The molecule has 0 saturated carbocycles. The Kier molecular flexibility index (Phi) is 11.2. The predicted octanol–water partition coefficient (Wildman–Crippen LogP) is 2.91. The lowest BCUT2D eigenvalue weighted by Gasteiger charge is -2.22. The van der Waals surface area contributed by atoms with E-state index >= 15 is 0 Å². The number of hydrogen-bond donors (Lipinski definition) is 4. The normalized spacial score (nSPS) is 16.7. The number of aliphatic carboxylic acids is 1. The zero-order chi connectivity index (χ0) is 27.3. The van der Waals surface area contributed by atoms with Gasteiger partial charge in [-0.3, -0.25) is 14.4 Å². The third-order valence-electron chi connectivity index (χ3n) is 6.44. The minimum atomic E-state index is -1.07. The molecule has 9 nitrogen and oxygen atoms in total. The molecule has 2 bridgehead atoms. The molecule has 2 amide bonds. The lowest BCUT2D eigenvalue weighted by molar-refractivity contribution is -0.141. The summed E-state index contributed by atoms with van der Waals surface area (Å²) in [7, 11) is 0. The molecule has 204 valence electrons. The van der Waals surface area contributed by atoms with Crippen LogP contribution in [-0.2, 0) is 38.5 Å². The summed E-state index contributed by atoms with van der Waals surface area (Å²) in [5, 5.41) is 24.8. The Hall–Kier alpha value is -3.85. The molecule has 0 radical (unpaired) electrons. The molecule has 1 unspecified atom stereocenters. The highest BCUT2D eigenvalue weighted by Crippen LogP contribution is 2.20. The average molecular weight is 524 g/mol. The van der Waals surface area contributed by atoms with E-state index in [9.17, 15) is 24.6 Å². The summed E-state index contributed by atoms with van der Waals surface area (Å²) in [6, 6.07) is 13.9. The first kappa shape index (κ1) is 28.7. The highest BCUT2D eigenvalue weighted by molar-refractivity contribution is 5.90. The van der Waals surface area contributed by atoms with E-state index in [1.54, 1.807) is 6.07 Å². The average Bonchev–Trinajstić information content (AvgIpc) is 2.98. The fraction of sp³-hybridized carbons (Fsp3) is 0.414. The summed E-state index contributed by atoms with van der Waals surface area (Å²) in [5.74, 6) is -2.43. The number of carboxylic acids is 1. The molecule has 0 fully saturated rings.